The summed E-state index contributed by atoms with van der Waals surface area (Å²) in [6.07, 6.45) is 4.17. The van der Waals surface area contributed by atoms with Crippen molar-refractivity contribution in [2.24, 2.45) is 0 Å². The van der Waals surface area contributed by atoms with Crippen LogP contribution in [0, 0.1) is 5.82 Å². The number of benzene rings is 1. The summed E-state index contributed by atoms with van der Waals surface area (Å²) in [5.74, 6) is -0.121. The third-order valence-electron chi connectivity index (χ3n) is 6.32. The molecule has 1 aromatic carbocycles. The third kappa shape index (κ3) is 4.82. The SMILES string of the molecule is CC(C)(C)OC(=O)N1C2C=C(c3ccc(N4C[C@H](COc5ccon5)OC4=O)cc3F)CC1CC2. The number of anilines is 1. The van der Waals surface area contributed by atoms with Gasteiger partial charge in [-0.1, -0.05) is 6.08 Å². The fourth-order valence-electron chi connectivity index (χ4n) is 4.83. The van der Waals surface area contributed by atoms with E-state index in [-0.39, 0.29) is 31.3 Å². The van der Waals surface area contributed by atoms with Gasteiger partial charge in [0.2, 0.25) is 0 Å². The molecule has 10 heteroatoms. The van der Waals surface area contributed by atoms with Crippen molar-refractivity contribution in [1.82, 2.24) is 10.1 Å². The van der Waals surface area contributed by atoms with E-state index in [1.807, 2.05) is 26.8 Å². The molecule has 1 aromatic heterocycles. The normalized spacial score (nSPS) is 23.8. The lowest BCUT2D eigenvalue weighted by molar-refractivity contribution is 0.0175. The molecule has 2 unspecified atom stereocenters. The Morgan fingerprint density at radius 3 is 2.77 bits per heavy atom. The first-order chi connectivity index (χ1) is 16.7. The van der Waals surface area contributed by atoms with Crippen molar-refractivity contribution in [2.75, 3.05) is 18.1 Å². The van der Waals surface area contributed by atoms with Gasteiger partial charge in [0.1, 0.15) is 24.3 Å². The Morgan fingerprint density at radius 1 is 1.26 bits per heavy atom. The van der Waals surface area contributed by atoms with E-state index in [0.29, 0.717) is 23.6 Å². The van der Waals surface area contributed by atoms with E-state index in [9.17, 15) is 9.59 Å². The molecule has 3 aliphatic heterocycles. The van der Waals surface area contributed by atoms with Gasteiger partial charge < -0.3 is 18.7 Å². The lowest BCUT2D eigenvalue weighted by Crippen LogP contribution is -2.45. The summed E-state index contributed by atoms with van der Waals surface area (Å²) < 4.78 is 36.3. The number of ether oxygens (including phenoxy) is 3. The topological polar surface area (TPSA) is 94.3 Å². The average Bonchev–Trinajstić information content (AvgIpc) is 3.49. The smallest absolute Gasteiger partial charge is 0.414 e. The van der Waals surface area contributed by atoms with Gasteiger partial charge in [0.25, 0.3) is 5.88 Å². The number of halogens is 1. The van der Waals surface area contributed by atoms with E-state index >= 15 is 4.39 Å². The number of nitrogens with zero attached hydrogens (tertiary/aromatic N) is 3. The molecule has 4 heterocycles. The van der Waals surface area contributed by atoms with Crippen molar-refractivity contribution in [2.45, 2.75) is 63.8 Å². The van der Waals surface area contributed by atoms with Gasteiger partial charge in [-0.15, -0.1) is 0 Å². The summed E-state index contributed by atoms with van der Waals surface area (Å²) in [6, 6.07) is 6.17. The Balaban J connectivity index is 1.27. The first-order valence-corrected chi connectivity index (χ1v) is 11.7. The van der Waals surface area contributed by atoms with E-state index < -0.39 is 23.6 Å². The highest BCUT2D eigenvalue weighted by molar-refractivity contribution is 5.90. The zero-order valence-corrected chi connectivity index (χ0v) is 19.9. The Labute approximate surface area is 202 Å². The molecule has 2 aromatic rings. The van der Waals surface area contributed by atoms with Crippen molar-refractivity contribution in [3.63, 3.8) is 0 Å². The zero-order chi connectivity index (χ0) is 24.7. The molecule has 0 radical (unpaired) electrons. The van der Waals surface area contributed by atoms with Crippen LogP contribution in [0.3, 0.4) is 0 Å². The molecule has 5 rings (SSSR count). The molecule has 3 atom stereocenters. The number of aromatic nitrogens is 1. The summed E-state index contributed by atoms with van der Waals surface area (Å²) in [5.41, 5.74) is 1.19. The molecular formula is C25H28FN3O6. The number of carbonyl (C=O) groups excluding carboxylic acids is 2. The quantitative estimate of drug-likeness (QED) is 0.602. The van der Waals surface area contributed by atoms with Crippen LogP contribution >= 0.6 is 0 Å². The molecule has 35 heavy (non-hydrogen) atoms. The first kappa shape index (κ1) is 23.2. The number of carbonyl (C=O) groups is 2. The van der Waals surface area contributed by atoms with E-state index in [4.69, 9.17) is 18.7 Å². The molecule has 2 fully saturated rings. The minimum atomic E-state index is -0.569. The van der Waals surface area contributed by atoms with Crippen LogP contribution in [0.5, 0.6) is 5.88 Å². The number of cyclic esters (lactones) is 1. The highest BCUT2D eigenvalue weighted by atomic mass is 19.1. The predicted octanol–water partition coefficient (Wildman–Crippen LogP) is 4.77. The molecule has 2 saturated heterocycles. The lowest BCUT2D eigenvalue weighted by atomic mass is 9.94. The molecule has 2 amide bonds. The lowest BCUT2D eigenvalue weighted by Gasteiger charge is -2.35. The number of amides is 2. The minimum absolute atomic E-state index is 0.0204. The van der Waals surface area contributed by atoms with Crippen LogP contribution in [0.2, 0.25) is 0 Å². The Kier molecular flexibility index (Phi) is 5.90. The van der Waals surface area contributed by atoms with Gasteiger partial charge in [-0.25, -0.2) is 14.0 Å². The minimum Gasteiger partial charge on any atom is -0.471 e. The molecule has 0 N–H and O–H groups in total. The summed E-state index contributed by atoms with van der Waals surface area (Å²) in [5, 5.41) is 3.65. The molecular weight excluding hydrogens is 457 g/mol. The van der Waals surface area contributed by atoms with Crippen LogP contribution < -0.4 is 9.64 Å². The van der Waals surface area contributed by atoms with Crippen molar-refractivity contribution in [3.8, 4) is 5.88 Å². The Hall–Kier alpha value is -3.56. The third-order valence-corrected chi connectivity index (χ3v) is 6.32. The zero-order valence-electron chi connectivity index (χ0n) is 19.9. The average molecular weight is 486 g/mol. The highest BCUT2D eigenvalue weighted by Crippen LogP contribution is 2.40. The van der Waals surface area contributed by atoms with Gasteiger partial charge in [0.15, 0.2) is 6.10 Å². The number of hydrogen-bond donors (Lipinski definition) is 0. The fraction of sp³-hybridized carbons (Fsp3) is 0.480. The summed E-state index contributed by atoms with van der Waals surface area (Å²) in [7, 11) is 0. The van der Waals surface area contributed by atoms with Crippen LogP contribution in [0.25, 0.3) is 5.57 Å². The molecule has 186 valence electrons. The van der Waals surface area contributed by atoms with Crippen molar-refractivity contribution < 1.29 is 32.7 Å². The fourth-order valence-corrected chi connectivity index (χ4v) is 4.83. The van der Waals surface area contributed by atoms with Gasteiger partial charge in [-0.2, -0.15) is 0 Å². The van der Waals surface area contributed by atoms with Gasteiger partial charge in [-0.3, -0.25) is 9.80 Å². The second kappa shape index (κ2) is 8.90. The van der Waals surface area contributed by atoms with Gasteiger partial charge >= 0.3 is 12.2 Å². The Morgan fingerprint density at radius 2 is 2.09 bits per heavy atom. The molecule has 2 bridgehead atoms. The second-order valence-electron chi connectivity index (χ2n) is 10.0. The van der Waals surface area contributed by atoms with E-state index in [0.717, 1.165) is 18.4 Å². The van der Waals surface area contributed by atoms with Gasteiger partial charge in [0, 0.05) is 17.7 Å². The maximum Gasteiger partial charge on any atom is 0.414 e. The van der Waals surface area contributed by atoms with Crippen LogP contribution in [-0.2, 0) is 9.47 Å². The van der Waals surface area contributed by atoms with Gasteiger partial charge in [0.05, 0.1) is 18.3 Å². The number of rotatable bonds is 5. The molecule has 3 aliphatic rings. The second-order valence-corrected chi connectivity index (χ2v) is 10.0. The maximum atomic E-state index is 15.2. The van der Waals surface area contributed by atoms with Crippen LogP contribution in [0.4, 0.5) is 19.7 Å². The molecule has 0 aliphatic carbocycles. The first-order valence-electron chi connectivity index (χ1n) is 11.7. The Bertz CT molecular complexity index is 1140. The van der Waals surface area contributed by atoms with E-state index in [2.05, 4.69) is 5.16 Å². The standard InChI is InChI=1S/C25H28FN3O6/c1-25(2,3)35-24(31)29-17-4-5-18(29)11-15(10-17)20-7-6-16(12-21(20)26)28-13-19(34-23(28)30)14-32-22-8-9-33-27-22/h6-10,12,17-19H,4-5,11,13-14H2,1-3H3/t17?,18?,19-/m1/s1. The van der Waals surface area contributed by atoms with Crippen molar-refractivity contribution >= 4 is 23.4 Å². The number of hydrogen-bond acceptors (Lipinski definition) is 7. The van der Waals surface area contributed by atoms with Crippen LogP contribution in [0.15, 0.2) is 41.1 Å². The van der Waals surface area contributed by atoms with Crippen LogP contribution in [-0.4, -0.2) is 59.2 Å². The predicted molar refractivity (Wildman–Crippen MR) is 123 cm³/mol. The highest BCUT2D eigenvalue weighted by Gasteiger charge is 2.42. The monoisotopic (exact) mass is 485 g/mol. The van der Waals surface area contributed by atoms with Crippen molar-refractivity contribution in [1.29, 1.82) is 0 Å². The largest absolute Gasteiger partial charge is 0.471 e. The summed E-state index contributed by atoms with van der Waals surface area (Å²) >= 11 is 0. The molecule has 0 spiro atoms. The summed E-state index contributed by atoms with van der Waals surface area (Å²) in [4.78, 5) is 28.2. The van der Waals surface area contributed by atoms with Gasteiger partial charge in [-0.05, 0) is 69.0 Å². The van der Waals surface area contributed by atoms with E-state index in [1.54, 1.807) is 23.1 Å². The number of fused-ring (bicyclic) bond motifs is 2. The molecule has 0 saturated carbocycles. The van der Waals surface area contributed by atoms with E-state index in [1.165, 1.54) is 17.2 Å². The van der Waals surface area contributed by atoms with Crippen LogP contribution in [0.1, 0.15) is 45.6 Å². The molecule has 9 nitrogen and oxygen atoms in total. The van der Waals surface area contributed by atoms with Crippen molar-refractivity contribution in [3.05, 3.63) is 48.0 Å². The maximum absolute atomic E-state index is 15.2. The summed E-state index contributed by atoms with van der Waals surface area (Å²) in [6.45, 7) is 5.87.